The van der Waals surface area contributed by atoms with Crippen molar-refractivity contribution >= 4 is 5.97 Å². The number of hydrogen-bond acceptors (Lipinski definition) is 3. The van der Waals surface area contributed by atoms with Gasteiger partial charge in [-0.05, 0) is 26.7 Å². The molecule has 74 valence electrons. The molecule has 0 amide bonds. The third kappa shape index (κ3) is 4.51. The second-order valence-electron chi connectivity index (χ2n) is 4.38. The second-order valence-corrected chi connectivity index (χ2v) is 4.38. The van der Waals surface area contributed by atoms with Gasteiger partial charge < -0.3 is 4.74 Å². The van der Waals surface area contributed by atoms with Gasteiger partial charge in [0.05, 0.1) is 6.07 Å². The summed E-state index contributed by atoms with van der Waals surface area (Å²) < 4.78 is 5.09. The normalized spacial score (nSPS) is 13.6. The molecule has 0 aromatic carbocycles. The number of carbonyl (C=O) groups excluding carboxylic acids is 1. The maximum absolute atomic E-state index is 11.4. The maximum atomic E-state index is 11.4. The van der Waals surface area contributed by atoms with E-state index in [1.807, 2.05) is 19.9 Å². The van der Waals surface area contributed by atoms with Gasteiger partial charge in [-0.1, -0.05) is 13.8 Å². The molecule has 0 saturated carbocycles. The van der Waals surface area contributed by atoms with E-state index in [9.17, 15) is 4.79 Å². The minimum absolute atomic E-state index is 0.000139. The lowest BCUT2D eigenvalue weighted by molar-refractivity contribution is -0.159. The van der Waals surface area contributed by atoms with E-state index < -0.39 is 17.5 Å². The van der Waals surface area contributed by atoms with Crippen molar-refractivity contribution < 1.29 is 9.53 Å². The smallest absolute Gasteiger partial charge is 0.324 e. The Morgan fingerprint density at radius 1 is 1.38 bits per heavy atom. The molecular formula is C10H17NO2. The van der Waals surface area contributed by atoms with Crippen LogP contribution < -0.4 is 0 Å². The van der Waals surface area contributed by atoms with E-state index in [4.69, 9.17) is 10.00 Å². The Morgan fingerprint density at radius 2 is 1.85 bits per heavy atom. The molecule has 0 aromatic rings. The Kier molecular flexibility index (Phi) is 3.93. The lowest BCUT2D eigenvalue weighted by Gasteiger charge is -2.22. The van der Waals surface area contributed by atoms with Crippen LogP contribution in [0.3, 0.4) is 0 Å². The fraction of sp³-hybridized carbons (Fsp3) is 0.800. The summed E-state index contributed by atoms with van der Waals surface area (Å²) in [6.07, 6.45) is 0. The zero-order chi connectivity index (χ0) is 10.6. The Hall–Kier alpha value is -1.04. The molecule has 0 rings (SSSR count). The number of carbonyl (C=O) groups is 1. The van der Waals surface area contributed by atoms with Crippen LogP contribution in [0, 0.1) is 23.2 Å². The number of nitriles is 1. The van der Waals surface area contributed by atoms with Crippen LogP contribution in [0.1, 0.15) is 34.6 Å². The van der Waals surface area contributed by atoms with Gasteiger partial charge in [-0.25, -0.2) is 0 Å². The van der Waals surface area contributed by atoms with Crippen molar-refractivity contribution in [1.29, 1.82) is 5.26 Å². The van der Waals surface area contributed by atoms with Crippen molar-refractivity contribution in [2.24, 2.45) is 11.8 Å². The van der Waals surface area contributed by atoms with Gasteiger partial charge in [0, 0.05) is 0 Å². The predicted octanol–water partition coefficient (Wildman–Crippen LogP) is 2.12. The summed E-state index contributed by atoms with van der Waals surface area (Å²) >= 11 is 0. The van der Waals surface area contributed by atoms with E-state index >= 15 is 0 Å². The second kappa shape index (κ2) is 4.27. The van der Waals surface area contributed by atoms with Crippen molar-refractivity contribution in [3.63, 3.8) is 0 Å². The van der Waals surface area contributed by atoms with Crippen LogP contribution in [0.15, 0.2) is 0 Å². The summed E-state index contributed by atoms with van der Waals surface area (Å²) in [6, 6.07) is 1.95. The van der Waals surface area contributed by atoms with Crippen LogP contribution >= 0.6 is 0 Å². The number of ether oxygens (including phenoxy) is 1. The Labute approximate surface area is 79.7 Å². The first-order valence-corrected chi connectivity index (χ1v) is 4.40. The molecule has 1 unspecified atom stereocenters. The third-order valence-corrected chi connectivity index (χ3v) is 1.47. The van der Waals surface area contributed by atoms with Crippen LogP contribution in [-0.2, 0) is 9.53 Å². The summed E-state index contributed by atoms with van der Waals surface area (Å²) in [5, 5.41) is 8.71. The molecule has 0 radical (unpaired) electrons. The van der Waals surface area contributed by atoms with Gasteiger partial charge in [0.25, 0.3) is 0 Å². The van der Waals surface area contributed by atoms with E-state index in [0.29, 0.717) is 0 Å². The molecule has 0 N–H and O–H groups in total. The minimum atomic E-state index is -0.653. The predicted molar refractivity (Wildman–Crippen MR) is 49.8 cm³/mol. The molecule has 1 atom stereocenters. The largest absolute Gasteiger partial charge is 0.459 e. The topological polar surface area (TPSA) is 50.1 Å². The van der Waals surface area contributed by atoms with Crippen LogP contribution in [0.25, 0.3) is 0 Å². The first-order valence-electron chi connectivity index (χ1n) is 4.40. The fourth-order valence-corrected chi connectivity index (χ4v) is 0.839. The molecule has 0 aliphatic heterocycles. The van der Waals surface area contributed by atoms with Crippen molar-refractivity contribution in [1.82, 2.24) is 0 Å². The van der Waals surface area contributed by atoms with Crippen LogP contribution in [-0.4, -0.2) is 11.6 Å². The maximum Gasteiger partial charge on any atom is 0.324 e. The Balaban J connectivity index is 4.35. The molecule has 0 heterocycles. The van der Waals surface area contributed by atoms with Gasteiger partial charge in [-0.15, -0.1) is 0 Å². The number of rotatable bonds is 2. The lowest BCUT2D eigenvalue weighted by atomic mass is 9.97. The molecule has 0 aliphatic rings. The highest BCUT2D eigenvalue weighted by molar-refractivity contribution is 5.75. The van der Waals surface area contributed by atoms with Gasteiger partial charge in [0.15, 0.2) is 0 Å². The number of esters is 1. The highest BCUT2D eigenvalue weighted by atomic mass is 16.6. The summed E-state index contributed by atoms with van der Waals surface area (Å²) in [7, 11) is 0. The van der Waals surface area contributed by atoms with Crippen molar-refractivity contribution in [3.8, 4) is 6.07 Å². The van der Waals surface area contributed by atoms with E-state index in [2.05, 4.69) is 0 Å². The van der Waals surface area contributed by atoms with E-state index in [1.165, 1.54) is 0 Å². The molecule has 0 bridgehead atoms. The van der Waals surface area contributed by atoms with Crippen molar-refractivity contribution in [3.05, 3.63) is 0 Å². The van der Waals surface area contributed by atoms with E-state index in [-0.39, 0.29) is 5.92 Å². The van der Waals surface area contributed by atoms with Gasteiger partial charge in [0.1, 0.15) is 11.5 Å². The molecule has 13 heavy (non-hydrogen) atoms. The molecule has 3 heteroatoms. The molecule has 3 nitrogen and oxygen atoms in total. The molecular weight excluding hydrogens is 166 g/mol. The monoisotopic (exact) mass is 183 g/mol. The first kappa shape index (κ1) is 12.0. The molecule has 0 fully saturated rings. The summed E-state index contributed by atoms with van der Waals surface area (Å²) in [4.78, 5) is 11.4. The zero-order valence-electron chi connectivity index (χ0n) is 8.92. The Bertz CT molecular complexity index is 220. The third-order valence-electron chi connectivity index (χ3n) is 1.47. The summed E-state index contributed by atoms with van der Waals surface area (Å²) in [5.41, 5.74) is -0.513. The summed E-state index contributed by atoms with van der Waals surface area (Å²) in [5.74, 6) is -1.08. The van der Waals surface area contributed by atoms with Gasteiger partial charge >= 0.3 is 5.97 Å². The quantitative estimate of drug-likeness (QED) is 0.616. The molecule has 0 aliphatic carbocycles. The number of nitrogens with zero attached hydrogens (tertiary/aromatic N) is 1. The highest BCUT2D eigenvalue weighted by Crippen LogP contribution is 2.16. The fourth-order valence-electron chi connectivity index (χ4n) is 0.839. The molecule has 0 aromatic heterocycles. The SMILES string of the molecule is CC(C)C(C#N)C(=O)OC(C)(C)C. The standard InChI is InChI=1S/C10H17NO2/c1-7(2)8(6-11)9(12)13-10(3,4)5/h7-8H,1-5H3. The highest BCUT2D eigenvalue weighted by Gasteiger charge is 2.27. The minimum Gasteiger partial charge on any atom is -0.459 e. The molecule has 0 saturated heterocycles. The van der Waals surface area contributed by atoms with E-state index in [1.54, 1.807) is 20.8 Å². The van der Waals surface area contributed by atoms with Crippen LogP contribution in [0.4, 0.5) is 0 Å². The van der Waals surface area contributed by atoms with Gasteiger partial charge in [-0.3, -0.25) is 4.79 Å². The van der Waals surface area contributed by atoms with Crippen molar-refractivity contribution in [2.75, 3.05) is 0 Å². The Morgan fingerprint density at radius 3 is 2.08 bits per heavy atom. The zero-order valence-corrected chi connectivity index (χ0v) is 8.92. The van der Waals surface area contributed by atoms with Gasteiger partial charge in [-0.2, -0.15) is 5.26 Å². The lowest BCUT2D eigenvalue weighted by Crippen LogP contribution is -2.30. The number of hydrogen-bond donors (Lipinski definition) is 0. The van der Waals surface area contributed by atoms with E-state index in [0.717, 1.165) is 0 Å². The summed E-state index contributed by atoms with van der Waals surface area (Å²) in [6.45, 7) is 9.04. The average Bonchev–Trinajstić information content (AvgIpc) is 1.82. The van der Waals surface area contributed by atoms with Gasteiger partial charge in [0.2, 0.25) is 0 Å². The van der Waals surface area contributed by atoms with Crippen molar-refractivity contribution in [2.45, 2.75) is 40.2 Å². The molecule has 0 spiro atoms. The van der Waals surface area contributed by atoms with Crippen LogP contribution in [0.5, 0.6) is 0 Å². The average molecular weight is 183 g/mol. The first-order chi connectivity index (χ1) is 5.78. The van der Waals surface area contributed by atoms with Crippen LogP contribution in [0.2, 0.25) is 0 Å².